The average molecular weight is 1050 g/mol. The second kappa shape index (κ2) is 21.4. The Bertz CT molecular complexity index is 2580. The lowest BCUT2D eigenvalue weighted by Crippen LogP contribution is -2.81. The maximum Gasteiger partial charge on any atom is 0.408 e. The molecule has 6 N–H and O–H groups in total. The van der Waals surface area contributed by atoms with Gasteiger partial charge in [-0.15, -0.1) is 0 Å². The molecule has 2 aromatic rings. The van der Waals surface area contributed by atoms with Gasteiger partial charge in [-0.25, -0.2) is 28.0 Å². The van der Waals surface area contributed by atoms with E-state index in [1.807, 2.05) is 0 Å². The van der Waals surface area contributed by atoms with Crippen LogP contribution in [-0.4, -0.2) is 142 Å². The van der Waals surface area contributed by atoms with E-state index in [2.05, 4.69) is 5.32 Å². The first kappa shape index (κ1) is 56.9. The molecule has 74 heavy (non-hydrogen) atoms. The number of nitrogens with two attached hydrogens (primary N) is 1. The summed E-state index contributed by atoms with van der Waals surface area (Å²) in [6.45, 7) is 10.7. The molecule has 21 nitrogen and oxygen atoms in total. The maximum absolute atomic E-state index is 15.9. The minimum atomic E-state index is -2.61. The number of ether oxygens (including phenoxy) is 8. The van der Waals surface area contributed by atoms with Crippen LogP contribution < -0.4 is 11.1 Å². The molecule has 2 bridgehead atoms. The van der Waals surface area contributed by atoms with Gasteiger partial charge < -0.3 is 64.3 Å². The fourth-order valence-electron chi connectivity index (χ4n) is 10.6. The molecule has 2 aromatic carbocycles. The Morgan fingerprint density at radius 1 is 0.946 bits per heavy atom. The second-order valence-corrected chi connectivity index (χ2v) is 20.5. The number of alkyl carbamates (subject to hydrolysis) is 1. The fraction of sp³-hybridized carbons (Fsp3) is 0.569. The topological polar surface area (TPSA) is 309 Å². The van der Waals surface area contributed by atoms with E-state index in [1.165, 1.54) is 79.7 Å². The molecule has 1 saturated heterocycles. The summed E-state index contributed by atoms with van der Waals surface area (Å²) >= 11 is 0. The van der Waals surface area contributed by atoms with Crippen molar-refractivity contribution in [2.75, 3.05) is 19.8 Å². The normalized spacial score (nSPS) is 29.1. The minimum Gasteiger partial charge on any atom is -0.465 e. The van der Waals surface area contributed by atoms with E-state index in [0.29, 0.717) is 6.07 Å². The van der Waals surface area contributed by atoms with Gasteiger partial charge in [0.05, 0.1) is 42.6 Å². The summed E-state index contributed by atoms with van der Waals surface area (Å²) in [4.78, 5) is 109. The summed E-state index contributed by atoms with van der Waals surface area (Å²) < 4.78 is 75.2. The molecule has 1 aliphatic heterocycles. The number of hydrogen-bond donors (Lipinski definition) is 5. The van der Waals surface area contributed by atoms with Crippen LogP contribution in [0.4, 0.5) is 13.6 Å². The van der Waals surface area contributed by atoms with Crippen molar-refractivity contribution >= 4 is 47.7 Å². The van der Waals surface area contributed by atoms with Crippen molar-refractivity contribution in [2.24, 2.45) is 22.5 Å². The van der Waals surface area contributed by atoms with Gasteiger partial charge in [0.25, 0.3) is 0 Å². The smallest absolute Gasteiger partial charge is 0.408 e. The summed E-state index contributed by atoms with van der Waals surface area (Å²) in [6.07, 6.45) is -14.6. The van der Waals surface area contributed by atoms with E-state index in [1.54, 1.807) is 6.07 Å². The Balaban J connectivity index is 1.50. The Morgan fingerprint density at radius 2 is 1.61 bits per heavy atom. The predicted molar refractivity (Wildman–Crippen MR) is 248 cm³/mol. The van der Waals surface area contributed by atoms with E-state index in [0.717, 1.165) is 19.1 Å². The molecular weight excluding hydrogens is 983 g/mol. The van der Waals surface area contributed by atoms with Crippen LogP contribution in [-0.2, 0) is 66.7 Å². The molecule has 23 heteroatoms. The zero-order chi connectivity index (χ0) is 55.0. The molecule has 12 atom stereocenters. The summed E-state index contributed by atoms with van der Waals surface area (Å²) in [7, 11) is 0. The van der Waals surface area contributed by atoms with Gasteiger partial charge in [0.2, 0.25) is 6.10 Å². The number of aliphatic hydroxyl groups excluding tert-OH is 2. The zero-order valence-electron chi connectivity index (χ0n) is 42.3. The monoisotopic (exact) mass is 1040 g/mol. The number of halogens is 2. The quantitative estimate of drug-likeness (QED) is 0.0973. The second-order valence-electron chi connectivity index (χ2n) is 20.5. The predicted octanol–water partition coefficient (Wildman–Crippen LogP) is 2.91. The van der Waals surface area contributed by atoms with Crippen molar-refractivity contribution in [1.82, 2.24) is 5.32 Å². The Kier molecular flexibility index (Phi) is 16.5. The van der Waals surface area contributed by atoms with Gasteiger partial charge in [0.15, 0.2) is 18.0 Å². The van der Waals surface area contributed by atoms with E-state index in [-0.39, 0.29) is 29.7 Å². The fourth-order valence-corrected chi connectivity index (χ4v) is 10.6. The molecule has 3 aliphatic carbocycles. The highest BCUT2D eigenvalue weighted by atomic mass is 19.1. The summed E-state index contributed by atoms with van der Waals surface area (Å²) in [5.74, 6) is -12.5. The van der Waals surface area contributed by atoms with E-state index in [4.69, 9.17) is 43.6 Å². The standard InChI is InChI=1S/C51H62F2N2O19/c1-10-67-44(63)30(54)19-34(58)68-22-35(59)71-39(37(55-46(65)74-47(4,5)6)28-17-16-27(52)18-29(28)53)45(64)70-31-21-51(66)42(72-43(62)26-14-12-11-13-15-26)40-49(9,41(61)38(60)36(24(31)2)48(51,7)8)32(57)20-33-50(40,23-69-33)73-25(3)56/h11-18,30-33,37-40,42,57,60,66H,10,19-23,54H2,1-9H3,(H,55,65)/t30-,31-,32-,33+,37-,38+,39+,40-,42-,49+,50-,51+/m0/s1. The largest absolute Gasteiger partial charge is 0.465 e. The van der Waals surface area contributed by atoms with Crippen LogP contribution in [0.1, 0.15) is 104 Å². The molecule has 3 fully saturated rings. The van der Waals surface area contributed by atoms with Gasteiger partial charge in [0.1, 0.15) is 59.3 Å². The summed E-state index contributed by atoms with van der Waals surface area (Å²) in [6, 6.07) is 5.76. The van der Waals surface area contributed by atoms with Crippen molar-refractivity contribution in [3.8, 4) is 0 Å². The molecule has 6 rings (SSSR count). The molecule has 2 saturated carbocycles. The zero-order valence-corrected chi connectivity index (χ0v) is 42.3. The number of esters is 6. The molecular formula is C51H62F2N2O19. The van der Waals surface area contributed by atoms with Crippen LogP contribution in [0.15, 0.2) is 59.7 Å². The number of Topliss-reactive ketones (excluding diaryl/α,β-unsaturated/α-hetero) is 1. The first-order valence-electron chi connectivity index (χ1n) is 23.8. The number of carbonyl (C=O) groups excluding carboxylic acids is 8. The maximum atomic E-state index is 15.9. The van der Waals surface area contributed by atoms with Gasteiger partial charge >= 0.3 is 41.9 Å². The van der Waals surface area contributed by atoms with Crippen LogP contribution in [0.2, 0.25) is 0 Å². The highest BCUT2D eigenvalue weighted by molar-refractivity contribution is 5.94. The van der Waals surface area contributed by atoms with Crippen LogP contribution in [0.5, 0.6) is 0 Å². The molecule has 0 aromatic heterocycles. The lowest BCUT2D eigenvalue weighted by atomic mass is 9.44. The number of nitrogens with one attached hydrogen (secondary N) is 1. The number of carbonyl (C=O) groups is 8. The molecule has 0 spiro atoms. The molecule has 1 amide bonds. The molecule has 1 heterocycles. The third-order valence-corrected chi connectivity index (χ3v) is 14.3. The molecule has 0 unspecified atom stereocenters. The van der Waals surface area contributed by atoms with Gasteiger partial charge in [0, 0.05) is 36.8 Å². The van der Waals surface area contributed by atoms with Crippen molar-refractivity contribution in [3.63, 3.8) is 0 Å². The third kappa shape index (κ3) is 10.9. The highest BCUT2D eigenvalue weighted by Gasteiger charge is 2.78. The van der Waals surface area contributed by atoms with Crippen molar-refractivity contribution in [3.05, 3.63) is 82.4 Å². The minimum absolute atomic E-state index is 0.0391. The number of fused-ring (bicyclic) bond motifs is 5. The molecule has 0 radical (unpaired) electrons. The van der Waals surface area contributed by atoms with E-state index >= 15 is 14.0 Å². The van der Waals surface area contributed by atoms with Gasteiger partial charge in [-0.1, -0.05) is 38.1 Å². The number of benzene rings is 2. The Labute approximate surface area is 424 Å². The van der Waals surface area contributed by atoms with Crippen LogP contribution in [0.3, 0.4) is 0 Å². The molecule has 4 aliphatic rings. The van der Waals surface area contributed by atoms with Crippen molar-refractivity contribution in [1.29, 1.82) is 0 Å². The van der Waals surface area contributed by atoms with Gasteiger partial charge in [-0.2, -0.15) is 0 Å². The first-order chi connectivity index (χ1) is 34.4. The van der Waals surface area contributed by atoms with Crippen molar-refractivity contribution in [2.45, 2.75) is 147 Å². The lowest BCUT2D eigenvalue weighted by Gasteiger charge is -2.67. The highest BCUT2D eigenvalue weighted by Crippen LogP contribution is 2.64. The number of rotatable bonds is 15. The van der Waals surface area contributed by atoms with Crippen LogP contribution in [0.25, 0.3) is 0 Å². The number of amides is 1. The average Bonchev–Trinajstić information content (AvgIpc) is 3.30. The van der Waals surface area contributed by atoms with Crippen molar-refractivity contribution < 1.29 is 100 Å². The van der Waals surface area contributed by atoms with Gasteiger partial charge in [-0.3, -0.25) is 19.2 Å². The van der Waals surface area contributed by atoms with E-state index in [9.17, 15) is 48.5 Å². The molecule has 404 valence electrons. The first-order valence-corrected chi connectivity index (χ1v) is 23.8. The lowest BCUT2D eigenvalue weighted by molar-refractivity contribution is -0.346. The van der Waals surface area contributed by atoms with Gasteiger partial charge in [-0.05, 0) is 70.9 Å². The third-order valence-electron chi connectivity index (χ3n) is 14.3. The Morgan fingerprint density at radius 3 is 2.19 bits per heavy atom. The van der Waals surface area contributed by atoms with Crippen LogP contribution >= 0.6 is 0 Å². The number of hydrogen-bond acceptors (Lipinski definition) is 20. The Hall–Kier alpha value is -6.40. The SMILES string of the molecule is CCOC(=O)[C@@H](N)CC(=O)OCC(=O)O[C@@H](C(=O)O[C@H]1C[C@@]2(O)[C@@H](OC(=O)c3ccccc3)[C@@H]3[C@]4(OC(C)=O)CO[C@@H]4C[C@H](O)[C@@]3(C)C(=O)[C@H](O)C(=C1C)C2(C)C)[C@@H](NC(=O)OC(C)(C)C)c1ccc(F)cc1F. The van der Waals surface area contributed by atoms with E-state index < -0.39 is 173 Å². The number of ketones is 1. The van der Waals surface area contributed by atoms with Crippen LogP contribution in [0, 0.1) is 28.4 Å². The summed E-state index contributed by atoms with van der Waals surface area (Å²) in [5, 5.41) is 40.3. The number of aliphatic hydroxyl groups is 3. The summed E-state index contributed by atoms with van der Waals surface area (Å²) in [5.41, 5.74) is -5.14.